The zero-order chi connectivity index (χ0) is 17.9. The van der Waals surface area contributed by atoms with Gasteiger partial charge in [0.1, 0.15) is 5.75 Å². The molecule has 0 aliphatic heterocycles. The number of fused-ring (bicyclic) bond motifs is 1. The molecule has 1 amide bonds. The molecule has 2 heterocycles. The predicted molar refractivity (Wildman–Crippen MR) is 104 cm³/mol. The normalized spacial score (nSPS) is 10.8. The first kappa shape index (κ1) is 16.4. The maximum atomic E-state index is 12.3. The van der Waals surface area contributed by atoms with E-state index in [4.69, 9.17) is 4.74 Å². The molecule has 0 bridgehead atoms. The summed E-state index contributed by atoms with van der Waals surface area (Å²) in [6.45, 7) is 0. The van der Waals surface area contributed by atoms with Crippen molar-refractivity contribution in [3.63, 3.8) is 0 Å². The van der Waals surface area contributed by atoms with Crippen LogP contribution in [0.2, 0.25) is 0 Å². The van der Waals surface area contributed by atoms with Gasteiger partial charge in [0.2, 0.25) is 5.91 Å². The highest BCUT2D eigenvalue weighted by Gasteiger charge is 2.08. The molecule has 0 aliphatic rings. The third kappa shape index (κ3) is 3.45. The van der Waals surface area contributed by atoms with E-state index in [1.165, 1.54) is 0 Å². The van der Waals surface area contributed by atoms with E-state index >= 15 is 0 Å². The van der Waals surface area contributed by atoms with Gasteiger partial charge in [0.15, 0.2) is 4.96 Å². The van der Waals surface area contributed by atoms with Crippen molar-refractivity contribution >= 4 is 27.9 Å². The third-order valence-electron chi connectivity index (χ3n) is 4.06. The molecule has 0 radical (unpaired) electrons. The van der Waals surface area contributed by atoms with E-state index in [1.807, 2.05) is 70.7 Å². The second kappa shape index (κ2) is 7.01. The second-order valence-electron chi connectivity index (χ2n) is 5.87. The Morgan fingerprint density at radius 2 is 2.08 bits per heavy atom. The van der Waals surface area contributed by atoms with Gasteiger partial charge in [-0.25, -0.2) is 4.98 Å². The SMILES string of the molecule is COc1ccc(CC(=O)Nc2cccc(-c3cn4ccsc4n3)c2)cc1. The number of nitrogens with one attached hydrogen (secondary N) is 1. The molecular weight excluding hydrogens is 346 g/mol. The number of anilines is 1. The average Bonchev–Trinajstić information content (AvgIpc) is 3.24. The van der Waals surface area contributed by atoms with E-state index in [9.17, 15) is 4.79 Å². The van der Waals surface area contributed by atoms with Crippen LogP contribution in [0.1, 0.15) is 5.56 Å². The van der Waals surface area contributed by atoms with Crippen LogP contribution in [0.4, 0.5) is 5.69 Å². The first-order valence-corrected chi connectivity index (χ1v) is 9.05. The lowest BCUT2D eigenvalue weighted by Gasteiger charge is -2.07. The summed E-state index contributed by atoms with van der Waals surface area (Å²) in [4.78, 5) is 17.9. The minimum absolute atomic E-state index is 0.0573. The van der Waals surface area contributed by atoms with Crippen LogP contribution in [-0.2, 0) is 11.2 Å². The van der Waals surface area contributed by atoms with Gasteiger partial charge in [-0.15, -0.1) is 11.3 Å². The third-order valence-corrected chi connectivity index (χ3v) is 4.83. The predicted octanol–water partition coefficient (Wildman–Crippen LogP) is 4.25. The van der Waals surface area contributed by atoms with Crippen LogP contribution in [0.25, 0.3) is 16.2 Å². The minimum Gasteiger partial charge on any atom is -0.497 e. The summed E-state index contributed by atoms with van der Waals surface area (Å²) in [6.07, 6.45) is 4.29. The van der Waals surface area contributed by atoms with Crippen molar-refractivity contribution in [2.24, 2.45) is 0 Å². The Balaban J connectivity index is 1.47. The van der Waals surface area contributed by atoms with E-state index < -0.39 is 0 Å². The molecule has 130 valence electrons. The Bertz CT molecular complexity index is 1020. The molecule has 0 fully saturated rings. The van der Waals surface area contributed by atoms with Crippen LogP contribution >= 0.6 is 11.3 Å². The maximum Gasteiger partial charge on any atom is 0.228 e. The fourth-order valence-electron chi connectivity index (χ4n) is 2.76. The van der Waals surface area contributed by atoms with Crippen molar-refractivity contribution in [1.29, 1.82) is 0 Å². The summed E-state index contributed by atoms with van der Waals surface area (Å²) in [5.74, 6) is 0.722. The molecule has 5 nitrogen and oxygen atoms in total. The zero-order valence-corrected chi connectivity index (χ0v) is 15.0. The van der Waals surface area contributed by atoms with Crippen LogP contribution in [-0.4, -0.2) is 22.4 Å². The number of amides is 1. The van der Waals surface area contributed by atoms with Crippen molar-refractivity contribution in [3.8, 4) is 17.0 Å². The molecule has 0 atom stereocenters. The van der Waals surface area contributed by atoms with Crippen LogP contribution < -0.4 is 10.1 Å². The molecule has 0 spiro atoms. The molecule has 0 saturated carbocycles. The Hall–Kier alpha value is -3.12. The van der Waals surface area contributed by atoms with Gasteiger partial charge in [-0.3, -0.25) is 9.20 Å². The van der Waals surface area contributed by atoms with Gasteiger partial charge in [-0.2, -0.15) is 0 Å². The highest BCUT2D eigenvalue weighted by molar-refractivity contribution is 7.15. The number of thiazole rings is 1. The van der Waals surface area contributed by atoms with E-state index in [-0.39, 0.29) is 5.91 Å². The van der Waals surface area contributed by atoms with Crippen molar-refractivity contribution < 1.29 is 9.53 Å². The molecule has 0 aliphatic carbocycles. The van der Waals surface area contributed by atoms with E-state index in [2.05, 4.69) is 10.3 Å². The molecule has 2 aromatic carbocycles. The van der Waals surface area contributed by atoms with Crippen molar-refractivity contribution in [2.75, 3.05) is 12.4 Å². The van der Waals surface area contributed by atoms with Gasteiger partial charge in [-0.1, -0.05) is 24.3 Å². The van der Waals surface area contributed by atoms with Crippen LogP contribution in [0, 0.1) is 0 Å². The number of imidazole rings is 1. The second-order valence-corrected chi connectivity index (χ2v) is 6.75. The molecule has 4 rings (SSSR count). The minimum atomic E-state index is -0.0573. The highest BCUT2D eigenvalue weighted by atomic mass is 32.1. The summed E-state index contributed by atoms with van der Waals surface area (Å²) in [7, 11) is 1.62. The van der Waals surface area contributed by atoms with Crippen LogP contribution in [0.5, 0.6) is 5.75 Å². The summed E-state index contributed by atoms with van der Waals surface area (Å²) in [6, 6.07) is 15.2. The maximum absolute atomic E-state index is 12.3. The van der Waals surface area contributed by atoms with Gasteiger partial charge in [0.25, 0.3) is 0 Å². The summed E-state index contributed by atoms with van der Waals surface area (Å²) >= 11 is 1.59. The quantitative estimate of drug-likeness (QED) is 0.577. The summed E-state index contributed by atoms with van der Waals surface area (Å²) < 4.78 is 7.13. The lowest BCUT2D eigenvalue weighted by Crippen LogP contribution is -2.14. The fraction of sp³-hybridized carbons (Fsp3) is 0.100. The Morgan fingerprint density at radius 1 is 1.23 bits per heavy atom. The van der Waals surface area contributed by atoms with E-state index in [0.717, 1.165) is 33.2 Å². The summed E-state index contributed by atoms with van der Waals surface area (Å²) in [5.41, 5.74) is 3.57. The van der Waals surface area contributed by atoms with Crippen LogP contribution in [0.3, 0.4) is 0 Å². The zero-order valence-electron chi connectivity index (χ0n) is 14.2. The number of hydrogen-bond acceptors (Lipinski definition) is 4. The number of rotatable bonds is 5. The lowest BCUT2D eigenvalue weighted by atomic mass is 10.1. The van der Waals surface area contributed by atoms with Gasteiger partial charge >= 0.3 is 0 Å². The average molecular weight is 363 g/mol. The van der Waals surface area contributed by atoms with Crippen molar-refractivity contribution in [3.05, 3.63) is 71.9 Å². The molecule has 2 aromatic heterocycles. The number of nitrogens with zero attached hydrogens (tertiary/aromatic N) is 2. The van der Waals surface area contributed by atoms with Gasteiger partial charge in [-0.05, 0) is 29.8 Å². The number of carbonyl (C=O) groups is 1. The monoisotopic (exact) mass is 363 g/mol. The number of aromatic nitrogens is 2. The Kier molecular flexibility index (Phi) is 4.41. The molecule has 0 saturated heterocycles. The number of benzene rings is 2. The largest absolute Gasteiger partial charge is 0.497 e. The number of ether oxygens (including phenoxy) is 1. The molecule has 26 heavy (non-hydrogen) atoms. The first-order chi connectivity index (χ1) is 12.7. The van der Waals surface area contributed by atoms with Gasteiger partial charge < -0.3 is 10.1 Å². The smallest absolute Gasteiger partial charge is 0.228 e. The Labute approximate surface area is 154 Å². The molecule has 1 N–H and O–H groups in total. The van der Waals surface area contributed by atoms with Crippen LogP contribution in [0.15, 0.2) is 66.3 Å². The number of carbonyl (C=O) groups excluding carboxylic acids is 1. The lowest BCUT2D eigenvalue weighted by molar-refractivity contribution is -0.115. The molecule has 4 aromatic rings. The van der Waals surface area contributed by atoms with Gasteiger partial charge in [0.05, 0.1) is 19.2 Å². The van der Waals surface area contributed by atoms with Gasteiger partial charge in [0, 0.05) is 29.0 Å². The fourth-order valence-corrected chi connectivity index (χ4v) is 3.46. The van der Waals surface area contributed by atoms with Crippen molar-refractivity contribution in [1.82, 2.24) is 9.38 Å². The summed E-state index contributed by atoms with van der Waals surface area (Å²) in [5, 5.41) is 4.96. The molecule has 0 unspecified atom stereocenters. The number of methoxy groups -OCH3 is 1. The van der Waals surface area contributed by atoms with E-state index in [0.29, 0.717) is 6.42 Å². The van der Waals surface area contributed by atoms with Crippen molar-refractivity contribution in [2.45, 2.75) is 6.42 Å². The Morgan fingerprint density at radius 3 is 2.85 bits per heavy atom. The topological polar surface area (TPSA) is 55.6 Å². The first-order valence-electron chi connectivity index (χ1n) is 8.17. The molecular formula is C20H17N3O2S. The molecule has 6 heteroatoms. The number of hydrogen-bond donors (Lipinski definition) is 1. The standard InChI is InChI=1S/C20H17N3O2S/c1-25-17-7-5-14(6-8-17)11-19(24)21-16-4-2-3-15(12-16)18-13-23-9-10-26-20(23)22-18/h2-10,12-13H,11H2,1H3,(H,21,24). The van der Waals surface area contributed by atoms with E-state index in [1.54, 1.807) is 18.4 Å². The highest BCUT2D eigenvalue weighted by Crippen LogP contribution is 2.24.